The molecule has 0 amide bonds. The summed E-state index contributed by atoms with van der Waals surface area (Å²) in [6.45, 7) is 6.02. The van der Waals surface area contributed by atoms with Crippen molar-refractivity contribution in [3.05, 3.63) is 59.7 Å². The van der Waals surface area contributed by atoms with E-state index < -0.39 is 0 Å². The first-order valence-electron chi connectivity index (χ1n) is 8.69. The van der Waals surface area contributed by atoms with Crippen LogP contribution in [0.25, 0.3) is 10.8 Å². The van der Waals surface area contributed by atoms with Crippen molar-refractivity contribution in [2.45, 2.75) is 13.5 Å². The molecule has 2 aromatic carbocycles. The van der Waals surface area contributed by atoms with Gasteiger partial charge in [0.1, 0.15) is 0 Å². The van der Waals surface area contributed by atoms with Gasteiger partial charge < -0.3 is 15.0 Å². The highest BCUT2D eigenvalue weighted by molar-refractivity contribution is 5.98. The van der Waals surface area contributed by atoms with E-state index in [1.54, 1.807) is 0 Å². The summed E-state index contributed by atoms with van der Waals surface area (Å²) in [7, 11) is 0. The second-order valence-electron chi connectivity index (χ2n) is 6.36. The van der Waals surface area contributed by atoms with Crippen molar-refractivity contribution in [3.8, 4) is 0 Å². The highest BCUT2D eigenvalue weighted by Gasteiger charge is 2.17. The Morgan fingerprint density at radius 1 is 0.960 bits per heavy atom. The lowest BCUT2D eigenvalue weighted by Gasteiger charge is -2.28. The normalized spacial score (nSPS) is 14.7. The summed E-state index contributed by atoms with van der Waals surface area (Å²) < 4.78 is 5.45. The molecule has 0 atom stereocenters. The first-order valence-corrected chi connectivity index (χ1v) is 8.69. The molecule has 0 bridgehead atoms. The number of nitrogens with one attached hydrogen (secondary N) is 1. The monoisotopic (exact) mass is 334 g/mol. The predicted octanol–water partition coefficient (Wildman–Crippen LogP) is 3.39. The minimum absolute atomic E-state index is 0.732. The molecule has 5 nitrogen and oxygen atoms in total. The van der Waals surface area contributed by atoms with Crippen molar-refractivity contribution in [2.24, 2.45) is 0 Å². The Hall–Kier alpha value is -2.66. The molecule has 1 fully saturated rings. The summed E-state index contributed by atoms with van der Waals surface area (Å²) >= 11 is 0. The molecule has 128 valence electrons. The Balaban J connectivity index is 1.62. The molecule has 0 unspecified atom stereocenters. The maximum atomic E-state index is 5.45. The van der Waals surface area contributed by atoms with Gasteiger partial charge in [0.25, 0.3) is 0 Å². The molecule has 1 aliphatic rings. The highest BCUT2D eigenvalue weighted by atomic mass is 16.5. The molecule has 0 saturated carbocycles. The molecule has 0 aliphatic carbocycles. The van der Waals surface area contributed by atoms with Gasteiger partial charge in [0, 0.05) is 30.4 Å². The van der Waals surface area contributed by atoms with E-state index >= 15 is 0 Å². The average Bonchev–Trinajstić information content (AvgIpc) is 2.68. The lowest BCUT2D eigenvalue weighted by Crippen LogP contribution is -2.37. The van der Waals surface area contributed by atoms with Crippen LogP contribution in [0, 0.1) is 6.92 Å². The number of benzene rings is 2. The predicted molar refractivity (Wildman–Crippen MR) is 101 cm³/mol. The van der Waals surface area contributed by atoms with Crippen molar-refractivity contribution >= 4 is 22.4 Å². The average molecular weight is 334 g/mol. The zero-order valence-electron chi connectivity index (χ0n) is 14.4. The topological polar surface area (TPSA) is 50.3 Å². The van der Waals surface area contributed by atoms with Crippen LogP contribution in [-0.4, -0.2) is 36.5 Å². The summed E-state index contributed by atoms with van der Waals surface area (Å²) in [4.78, 5) is 2.25. The van der Waals surface area contributed by atoms with Crippen molar-refractivity contribution in [1.82, 2.24) is 10.2 Å². The number of fused-ring (bicyclic) bond motifs is 1. The second kappa shape index (κ2) is 7.07. The van der Waals surface area contributed by atoms with Crippen LogP contribution in [0.2, 0.25) is 0 Å². The third kappa shape index (κ3) is 3.42. The third-order valence-corrected chi connectivity index (χ3v) is 4.56. The number of morpholine rings is 1. The van der Waals surface area contributed by atoms with Crippen LogP contribution >= 0.6 is 0 Å². The van der Waals surface area contributed by atoms with Crippen LogP contribution in [0.5, 0.6) is 0 Å². The number of aryl methyl sites for hydroxylation is 1. The summed E-state index contributed by atoms with van der Waals surface area (Å²) in [5, 5.41) is 14.7. The maximum Gasteiger partial charge on any atom is 0.159 e. The molecule has 3 aromatic rings. The number of hydrogen-bond acceptors (Lipinski definition) is 5. The number of aromatic nitrogens is 2. The van der Waals surface area contributed by atoms with Crippen molar-refractivity contribution in [3.63, 3.8) is 0 Å². The Morgan fingerprint density at radius 3 is 2.44 bits per heavy atom. The van der Waals surface area contributed by atoms with Gasteiger partial charge in [-0.3, -0.25) is 0 Å². The molecule has 0 spiro atoms. The molecule has 1 aliphatic heterocycles. The van der Waals surface area contributed by atoms with E-state index in [9.17, 15) is 0 Å². The standard InChI is InChI=1S/C20H22N4O/c1-15-6-8-16(9-7-15)14-21-19-17-4-2-3-5-18(17)20(23-22-19)24-10-12-25-13-11-24/h2-9H,10-14H2,1H3,(H,21,22). The van der Waals surface area contributed by atoms with Crippen molar-refractivity contribution in [1.29, 1.82) is 0 Å². The zero-order valence-corrected chi connectivity index (χ0v) is 14.4. The van der Waals surface area contributed by atoms with Gasteiger partial charge in [-0.05, 0) is 12.5 Å². The smallest absolute Gasteiger partial charge is 0.159 e. The molecular formula is C20H22N4O. The van der Waals surface area contributed by atoms with Gasteiger partial charge in [0.2, 0.25) is 0 Å². The van der Waals surface area contributed by atoms with Gasteiger partial charge in [0.05, 0.1) is 13.2 Å². The summed E-state index contributed by atoms with van der Waals surface area (Å²) in [5.74, 6) is 1.77. The van der Waals surface area contributed by atoms with Gasteiger partial charge in [-0.15, -0.1) is 10.2 Å². The first-order chi connectivity index (χ1) is 12.3. The number of nitrogens with zero attached hydrogens (tertiary/aromatic N) is 3. The highest BCUT2D eigenvalue weighted by Crippen LogP contribution is 2.29. The van der Waals surface area contributed by atoms with E-state index in [0.29, 0.717) is 0 Å². The Labute approximate surface area is 147 Å². The summed E-state index contributed by atoms with van der Waals surface area (Å²) in [5.41, 5.74) is 2.50. The van der Waals surface area contributed by atoms with Gasteiger partial charge in [-0.2, -0.15) is 0 Å². The molecule has 0 radical (unpaired) electrons. The number of hydrogen-bond donors (Lipinski definition) is 1. The lowest BCUT2D eigenvalue weighted by molar-refractivity contribution is 0.122. The molecule has 2 heterocycles. The largest absolute Gasteiger partial charge is 0.378 e. The van der Waals surface area contributed by atoms with E-state index in [1.807, 2.05) is 6.07 Å². The number of anilines is 2. The molecule has 25 heavy (non-hydrogen) atoms. The Kier molecular flexibility index (Phi) is 4.48. The van der Waals surface area contributed by atoms with Gasteiger partial charge in [0.15, 0.2) is 11.6 Å². The SMILES string of the molecule is Cc1ccc(CNc2nnc(N3CCOCC3)c3ccccc23)cc1. The van der Waals surface area contributed by atoms with Crippen molar-refractivity contribution < 1.29 is 4.74 Å². The zero-order chi connectivity index (χ0) is 17.1. The summed E-state index contributed by atoms with van der Waals surface area (Å²) in [6.07, 6.45) is 0. The fourth-order valence-electron chi connectivity index (χ4n) is 3.12. The Morgan fingerprint density at radius 2 is 1.68 bits per heavy atom. The lowest BCUT2D eigenvalue weighted by atomic mass is 10.1. The molecule has 1 aromatic heterocycles. The Bertz CT molecular complexity index is 857. The van der Waals surface area contributed by atoms with Gasteiger partial charge in [-0.1, -0.05) is 54.1 Å². The molecule has 1 N–H and O–H groups in total. The van der Waals surface area contributed by atoms with E-state index in [1.165, 1.54) is 11.1 Å². The molecule has 5 heteroatoms. The van der Waals surface area contributed by atoms with Gasteiger partial charge >= 0.3 is 0 Å². The minimum Gasteiger partial charge on any atom is -0.378 e. The van der Waals surface area contributed by atoms with Crippen LogP contribution in [0.1, 0.15) is 11.1 Å². The number of rotatable bonds is 4. The first kappa shape index (κ1) is 15.8. The van der Waals surface area contributed by atoms with Crippen LogP contribution in [-0.2, 0) is 11.3 Å². The molecule has 1 saturated heterocycles. The fourth-order valence-corrected chi connectivity index (χ4v) is 3.12. The molecular weight excluding hydrogens is 312 g/mol. The van der Waals surface area contributed by atoms with Crippen LogP contribution < -0.4 is 10.2 Å². The second-order valence-corrected chi connectivity index (χ2v) is 6.36. The third-order valence-electron chi connectivity index (χ3n) is 4.56. The molecule has 4 rings (SSSR count). The van der Waals surface area contributed by atoms with Crippen LogP contribution in [0.4, 0.5) is 11.6 Å². The van der Waals surface area contributed by atoms with Gasteiger partial charge in [-0.25, -0.2) is 0 Å². The fraction of sp³-hybridized carbons (Fsp3) is 0.300. The minimum atomic E-state index is 0.732. The van der Waals surface area contributed by atoms with E-state index in [2.05, 4.69) is 69.8 Å². The van der Waals surface area contributed by atoms with E-state index in [-0.39, 0.29) is 0 Å². The quantitative estimate of drug-likeness (QED) is 0.792. The van der Waals surface area contributed by atoms with Crippen molar-refractivity contribution in [2.75, 3.05) is 36.5 Å². The van der Waals surface area contributed by atoms with E-state index in [4.69, 9.17) is 4.74 Å². The van der Waals surface area contributed by atoms with Crippen LogP contribution in [0.3, 0.4) is 0 Å². The summed E-state index contributed by atoms with van der Waals surface area (Å²) in [6, 6.07) is 16.9. The maximum absolute atomic E-state index is 5.45. The van der Waals surface area contributed by atoms with Crippen LogP contribution in [0.15, 0.2) is 48.5 Å². The number of ether oxygens (including phenoxy) is 1. The van der Waals surface area contributed by atoms with E-state index in [0.717, 1.165) is 55.3 Å².